The van der Waals surface area contributed by atoms with Gasteiger partial charge in [0.2, 0.25) is 0 Å². The minimum Gasteiger partial charge on any atom is -0.326 e. The number of carbonyl (C=O) groups is 1. The molecule has 0 radical (unpaired) electrons. The Morgan fingerprint density at radius 1 is 0.917 bits per heavy atom. The molecule has 122 valence electrons. The van der Waals surface area contributed by atoms with Crippen LogP contribution in [0.2, 0.25) is 0 Å². The molecular weight excluding hydrogens is 294 g/mol. The summed E-state index contributed by atoms with van der Waals surface area (Å²) in [6.45, 7) is 0. The molecule has 1 amide bonds. The Morgan fingerprint density at radius 2 is 1.71 bits per heavy atom. The minimum atomic E-state index is 0.0397. The van der Waals surface area contributed by atoms with Crippen LogP contribution in [0.1, 0.15) is 48.0 Å². The fourth-order valence-corrected chi connectivity index (χ4v) is 3.92. The van der Waals surface area contributed by atoms with Crippen LogP contribution in [-0.4, -0.2) is 5.91 Å². The van der Waals surface area contributed by atoms with E-state index in [1.54, 1.807) is 0 Å². The molecule has 0 aromatic heterocycles. The molecule has 0 bridgehead atoms. The molecule has 2 aliphatic rings. The monoisotopic (exact) mass is 317 g/mol. The molecule has 4 rings (SSSR count). The van der Waals surface area contributed by atoms with E-state index in [9.17, 15) is 4.79 Å². The van der Waals surface area contributed by atoms with Crippen LogP contribution in [-0.2, 0) is 6.42 Å². The summed E-state index contributed by atoms with van der Waals surface area (Å²) >= 11 is 0. The van der Waals surface area contributed by atoms with E-state index in [0.717, 1.165) is 23.2 Å². The van der Waals surface area contributed by atoms with Gasteiger partial charge < -0.3 is 5.32 Å². The largest absolute Gasteiger partial charge is 0.326 e. The molecule has 0 saturated heterocycles. The summed E-state index contributed by atoms with van der Waals surface area (Å²) in [7, 11) is 0. The molecule has 0 atom stereocenters. The number of fused-ring (bicyclic) bond motifs is 1. The van der Waals surface area contributed by atoms with Crippen molar-refractivity contribution in [3.63, 3.8) is 0 Å². The molecule has 1 aliphatic heterocycles. The second-order valence-electron chi connectivity index (χ2n) is 6.96. The van der Waals surface area contributed by atoms with Crippen LogP contribution in [0.25, 0.3) is 11.1 Å². The normalized spacial score (nSPS) is 19.8. The first-order valence-electron chi connectivity index (χ1n) is 9.00. The second kappa shape index (κ2) is 6.64. The number of allylic oxidation sites excluding steroid dienone is 2. The predicted molar refractivity (Wildman–Crippen MR) is 97.7 cm³/mol. The standard InChI is InChI=1S/C22H23NO/c24-22-21-12-11-18(17-9-5-2-6-10-17)14-19(21)15-20(23-22)13-16-7-3-1-4-8-16/h2,5-6,9-14,16H,1,3-4,7-8,15H2,(H,23,24)/b20-13+. The van der Waals surface area contributed by atoms with Gasteiger partial charge in [-0.3, -0.25) is 4.79 Å². The van der Waals surface area contributed by atoms with Crippen LogP contribution in [0, 0.1) is 5.92 Å². The third-order valence-corrected chi connectivity index (χ3v) is 5.20. The van der Waals surface area contributed by atoms with Crippen molar-refractivity contribution in [1.29, 1.82) is 0 Å². The average Bonchev–Trinajstić information content (AvgIpc) is 2.63. The average molecular weight is 317 g/mol. The van der Waals surface area contributed by atoms with Gasteiger partial charge in [0.15, 0.2) is 0 Å². The first-order valence-corrected chi connectivity index (χ1v) is 9.00. The molecule has 2 aromatic rings. The Kier molecular flexibility index (Phi) is 4.20. The number of hydrogen-bond donors (Lipinski definition) is 1. The van der Waals surface area contributed by atoms with Crippen molar-refractivity contribution < 1.29 is 4.79 Å². The van der Waals surface area contributed by atoms with Gasteiger partial charge in [-0.2, -0.15) is 0 Å². The fraction of sp³-hybridized carbons (Fsp3) is 0.318. The summed E-state index contributed by atoms with van der Waals surface area (Å²) in [4.78, 5) is 12.4. The van der Waals surface area contributed by atoms with Crippen LogP contribution in [0.15, 0.2) is 60.3 Å². The molecular formula is C22H23NO. The fourth-order valence-electron chi connectivity index (χ4n) is 3.92. The smallest absolute Gasteiger partial charge is 0.255 e. The van der Waals surface area contributed by atoms with Crippen LogP contribution >= 0.6 is 0 Å². The lowest BCUT2D eigenvalue weighted by atomic mass is 9.87. The van der Waals surface area contributed by atoms with Gasteiger partial charge in [0.05, 0.1) is 0 Å². The van der Waals surface area contributed by atoms with Crippen molar-refractivity contribution >= 4 is 5.91 Å². The van der Waals surface area contributed by atoms with E-state index >= 15 is 0 Å². The van der Waals surface area contributed by atoms with Crippen molar-refractivity contribution in [2.24, 2.45) is 5.92 Å². The third kappa shape index (κ3) is 3.14. The zero-order valence-electron chi connectivity index (χ0n) is 13.9. The second-order valence-corrected chi connectivity index (χ2v) is 6.96. The van der Waals surface area contributed by atoms with E-state index in [-0.39, 0.29) is 5.91 Å². The lowest BCUT2D eigenvalue weighted by Crippen LogP contribution is -2.30. The molecule has 1 fully saturated rings. The van der Waals surface area contributed by atoms with Gasteiger partial charge >= 0.3 is 0 Å². The van der Waals surface area contributed by atoms with Crippen molar-refractivity contribution in [3.8, 4) is 11.1 Å². The number of carbonyl (C=O) groups excluding carboxylic acids is 1. The van der Waals surface area contributed by atoms with Gasteiger partial charge in [0.1, 0.15) is 0 Å². The molecule has 0 unspecified atom stereocenters. The summed E-state index contributed by atoms with van der Waals surface area (Å²) in [6, 6.07) is 16.5. The number of benzene rings is 2. The zero-order valence-corrected chi connectivity index (χ0v) is 13.9. The predicted octanol–water partition coefficient (Wildman–Crippen LogP) is 5.10. The van der Waals surface area contributed by atoms with Crippen LogP contribution in [0.5, 0.6) is 0 Å². The Balaban J connectivity index is 1.63. The molecule has 2 nitrogen and oxygen atoms in total. The molecule has 2 heteroatoms. The molecule has 1 saturated carbocycles. The Labute approximate surface area is 143 Å². The molecule has 0 spiro atoms. The Bertz CT molecular complexity index is 770. The highest BCUT2D eigenvalue weighted by atomic mass is 16.1. The molecule has 24 heavy (non-hydrogen) atoms. The van der Waals surface area contributed by atoms with Gasteiger partial charge in [-0.1, -0.05) is 61.7 Å². The van der Waals surface area contributed by atoms with Crippen molar-refractivity contribution in [2.75, 3.05) is 0 Å². The molecule has 1 aliphatic carbocycles. The highest BCUT2D eigenvalue weighted by molar-refractivity contribution is 5.99. The van der Waals surface area contributed by atoms with Gasteiger partial charge in [0, 0.05) is 17.7 Å². The number of nitrogens with one attached hydrogen (secondary N) is 1. The number of rotatable bonds is 2. The first-order chi connectivity index (χ1) is 11.8. The van der Waals surface area contributed by atoms with Crippen LogP contribution in [0.4, 0.5) is 0 Å². The topological polar surface area (TPSA) is 29.1 Å². The van der Waals surface area contributed by atoms with Gasteiger partial charge in [-0.05, 0) is 47.6 Å². The van der Waals surface area contributed by atoms with Crippen molar-refractivity contribution in [2.45, 2.75) is 38.5 Å². The van der Waals surface area contributed by atoms with E-state index in [1.165, 1.54) is 43.2 Å². The highest BCUT2D eigenvalue weighted by Gasteiger charge is 2.22. The Hall–Kier alpha value is -2.35. The maximum absolute atomic E-state index is 12.4. The summed E-state index contributed by atoms with van der Waals surface area (Å²) in [5.41, 5.74) is 5.42. The molecule has 2 aromatic carbocycles. The van der Waals surface area contributed by atoms with Crippen molar-refractivity contribution in [1.82, 2.24) is 5.32 Å². The van der Waals surface area contributed by atoms with Gasteiger partial charge in [-0.15, -0.1) is 0 Å². The molecule has 1 heterocycles. The van der Waals surface area contributed by atoms with E-state index in [4.69, 9.17) is 0 Å². The van der Waals surface area contributed by atoms with E-state index in [0.29, 0.717) is 5.92 Å². The van der Waals surface area contributed by atoms with Crippen LogP contribution < -0.4 is 5.32 Å². The van der Waals surface area contributed by atoms with E-state index < -0.39 is 0 Å². The lowest BCUT2D eigenvalue weighted by Gasteiger charge is -2.24. The highest BCUT2D eigenvalue weighted by Crippen LogP contribution is 2.29. The lowest BCUT2D eigenvalue weighted by molar-refractivity contribution is 0.0958. The van der Waals surface area contributed by atoms with Crippen molar-refractivity contribution in [3.05, 3.63) is 71.4 Å². The maximum atomic E-state index is 12.4. The first kappa shape index (κ1) is 15.2. The SMILES string of the molecule is O=C1N/C(=C/C2CCCCC2)Cc2cc(-c3ccccc3)ccc21. The maximum Gasteiger partial charge on any atom is 0.255 e. The summed E-state index contributed by atoms with van der Waals surface area (Å²) in [5.74, 6) is 0.672. The summed E-state index contributed by atoms with van der Waals surface area (Å²) in [6.07, 6.45) is 9.66. The summed E-state index contributed by atoms with van der Waals surface area (Å²) in [5, 5.41) is 3.10. The quantitative estimate of drug-likeness (QED) is 0.820. The van der Waals surface area contributed by atoms with Gasteiger partial charge in [0.25, 0.3) is 5.91 Å². The number of amides is 1. The number of hydrogen-bond acceptors (Lipinski definition) is 1. The van der Waals surface area contributed by atoms with E-state index in [1.807, 2.05) is 18.2 Å². The zero-order chi connectivity index (χ0) is 16.4. The van der Waals surface area contributed by atoms with Crippen LogP contribution in [0.3, 0.4) is 0 Å². The van der Waals surface area contributed by atoms with E-state index in [2.05, 4.69) is 41.7 Å². The summed E-state index contributed by atoms with van der Waals surface area (Å²) < 4.78 is 0. The minimum absolute atomic E-state index is 0.0397. The third-order valence-electron chi connectivity index (χ3n) is 5.20. The Morgan fingerprint density at radius 3 is 2.50 bits per heavy atom. The molecule has 1 N–H and O–H groups in total. The van der Waals surface area contributed by atoms with Gasteiger partial charge in [-0.25, -0.2) is 0 Å².